The topological polar surface area (TPSA) is 148 Å². The van der Waals surface area contributed by atoms with E-state index < -0.39 is 5.97 Å². The van der Waals surface area contributed by atoms with Crippen molar-refractivity contribution in [3.8, 4) is 0 Å². The lowest BCUT2D eigenvalue weighted by Crippen LogP contribution is -2.48. The van der Waals surface area contributed by atoms with E-state index in [1.807, 2.05) is 24.1 Å². The summed E-state index contributed by atoms with van der Waals surface area (Å²) in [5.74, 6) is -0.157. The highest BCUT2D eigenvalue weighted by molar-refractivity contribution is 5.93. The molecule has 5 rings (SSSR count). The largest absolute Gasteiger partial charge is 0.481 e. The normalized spacial score (nSPS) is 16.8. The lowest BCUT2D eigenvalue weighted by molar-refractivity contribution is -0.137. The lowest BCUT2D eigenvalue weighted by atomic mass is 9.92. The van der Waals surface area contributed by atoms with E-state index in [2.05, 4.69) is 82.7 Å². The molecule has 2 atom stereocenters. The Hall–Kier alpha value is -4.35. The molecule has 52 heavy (non-hydrogen) atoms. The number of unbranched alkanes of at least 4 members (excludes halogenated alkanes) is 1. The summed E-state index contributed by atoms with van der Waals surface area (Å²) in [6.07, 6.45) is 9.56. The van der Waals surface area contributed by atoms with Crippen molar-refractivity contribution in [1.29, 1.82) is 0 Å². The van der Waals surface area contributed by atoms with Crippen LogP contribution in [0.4, 0.5) is 5.69 Å². The van der Waals surface area contributed by atoms with Gasteiger partial charge in [0, 0.05) is 93.8 Å². The third kappa shape index (κ3) is 13.7. The van der Waals surface area contributed by atoms with Gasteiger partial charge in [-0.05, 0) is 120 Å². The zero-order valence-corrected chi connectivity index (χ0v) is 32.2. The number of hydrogen-bond acceptors (Lipinski definition) is 8. The van der Waals surface area contributed by atoms with Gasteiger partial charge < -0.3 is 35.3 Å². The fourth-order valence-corrected chi connectivity index (χ4v) is 6.99. The van der Waals surface area contributed by atoms with E-state index >= 15 is 0 Å². The van der Waals surface area contributed by atoms with Crippen LogP contribution in [0.3, 0.4) is 0 Å². The number of rotatable bonds is 14. The molecule has 4 N–H and O–H groups in total. The minimum atomic E-state index is -0.772. The smallest absolute Gasteiger partial charge is 0.304 e. The van der Waals surface area contributed by atoms with Gasteiger partial charge in [-0.1, -0.05) is 11.6 Å². The molecule has 11 heteroatoms. The van der Waals surface area contributed by atoms with Crippen molar-refractivity contribution in [3.63, 3.8) is 0 Å². The fourth-order valence-electron chi connectivity index (χ4n) is 6.99. The number of amides is 1. The number of aliphatic imine (C=N–C) groups is 1. The highest BCUT2D eigenvalue weighted by Crippen LogP contribution is 2.31. The first-order chi connectivity index (χ1) is 25.0. The summed E-state index contributed by atoms with van der Waals surface area (Å²) in [5.41, 5.74) is 12.2. The number of aliphatic carboxylic acids is 1. The number of nitrogens with one attached hydrogen (secondary N) is 1. The summed E-state index contributed by atoms with van der Waals surface area (Å²) in [6.45, 7) is 13.7. The summed E-state index contributed by atoms with van der Waals surface area (Å²) in [7, 11) is 3.30. The van der Waals surface area contributed by atoms with Gasteiger partial charge in [0.25, 0.3) is 0 Å². The zero-order chi connectivity index (χ0) is 38.0. The average molecular weight is 716 g/mol. The number of allylic oxidation sites excluding steroid dienone is 2. The quantitative estimate of drug-likeness (QED) is 0.104. The average Bonchev–Trinajstić information content (AvgIpc) is 3.80. The van der Waals surface area contributed by atoms with Crippen molar-refractivity contribution in [2.45, 2.75) is 78.6 Å². The molecular formula is C41H61N7O4. The number of carboxylic acid groups (broad SMARTS) is 1. The number of aldehydes is 1. The van der Waals surface area contributed by atoms with Gasteiger partial charge in [-0.3, -0.25) is 14.6 Å². The number of piperazine rings is 1. The van der Waals surface area contributed by atoms with Crippen LogP contribution in [-0.2, 0) is 20.8 Å². The predicted octanol–water partition coefficient (Wildman–Crippen LogP) is 6.02. The van der Waals surface area contributed by atoms with E-state index in [-0.39, 0.29) is 18.2 Å². The molecule has 3 aromatic rings. The van der Waals surface area contributed by atoms with Crippen molar-refractivity contribution in [1.82, 2.24) is 19.8 Å². The molecule has 0 bridgehead atoms. The molecule has 2 saturated heterocycles. The number of aromatic amines is 1. The molecule has 2 fully saturated rings. The summed E-state index contributed by atoms with van der Waals surface area (Å²) in [4.78, 5) is 53.5. The second kappa shape index (κ2) is 21.9. The van der Waals surface area contributed by atoms with Gasteiger partial charge in [-0.15, -0.1) is 0 Å². The SMILES string of the molecule is CN.CN=C(C)C=C(C)C.Cc1cc(C(CC(=O)O)CN2CCC(CCc3ccc4cc[nH]c4n3)C2)cc(N2CCN(C(=O)CCCC=O)CC2)c1. The number of carbonyl (C=O) groups excluding carboxylic acids is 2. The lowest BCUT2D eigenvalue weighted by Gasteiger charge is -2.37. The molecule has 2 unspecified atom stereocenters. The standard InChI is InChI=1S/C33H43N5O4.C7H13N.CH5N/c1-24-18-27(20-30(19-24)37-13-15-38(16-14-37)31(40)4-2-3-17-39)28(21-32(41)42)23-36-12-10-25(22-36)5-7-29-8-6-26-9-11-34-33(26)35-29;1-6(2)5-7(3)8-4;1-2/h6,8-9,11,17-20,25,28H,2-5,7,10,12-16,21-23H2,1H3,(H,34,35)(H,41,42);5H,1-4H3;2H2,1H3. The maximum atomic E-state index is 12.5. The Kier molecular flexibility index (Phi) is 17.7. The molecule has 1 amide bonds. The number of carbonyl (C=O) groups is 3. The number of pyridine rings is 1. The number of carboxylic acids is 1. The number of H-pyrrole nitrogens is 1. The molecular weight excluding hydrogens is 654 g/mol. The van der Waals surface area contributed by atoms with E-state index in [0.717, 1.165) is 97.5 Å². The maximum Gasteiger partial charge on any atom is 0.304 e. The Morgan fingerprint density at radius 1 is 1.08 bits per heavy atom. The Balaban J connectivity index is 0.000000645. The maximum absolute atomic E-state index is 12.5. The number of benzene rings is 1. The predicted molar refractivity (Wildman–Crippen MR) is 212 cm³/mol. The van der Waals surface area contributed by atoms with Crippen molar-refractivity contribution in [2.24, 2.45) is 16.6 Å². The van der Waals surface area contributed by atoms with Crippen LogP contribution in [0.2, 0.25) is 0 Å². The van der Waals surface area contributed by atoms with Gasteiger partial charge in [0.1, 0.15) is 11.9 Å². The highest BCUT2D eigenvalue weighted by Gasteiger charge is 2.28. The van der Waals surface area contributed by atoms with Crippen LogP contribution in [0, 0.1) is 12.8 Å². The number of fused-ring (bicyclic) bond motifs is 1. The molecule has 284 valence electrons. The summed E-state index contributed by atoms with van der Waals surface area (Å²) in [6, 6.07) is 12.7. The first-order valence-electron chi connectivity index (χ1n) is 18.7. The molecule has 1 aromatic carbocycles. The molecule has 0 radical (unpaired) electrons. The summed E-state index contributed by atoms with van der Waals surface area (Å²) in [5, 5.41) is 10.9. The molecule has 0 spiro atoms. The van der Waals surface area contributed by atoms with Gasteiger partial charge in [-0.25, -0.2) is 4.98 Å². The molecule has 0 aliphatic carbocycles. The Bertz CT molecular complexity index is 1640. The second-order valence-electron chi connectivity index (χ2n) is 14.1. The van der Waals surface area contributed by atoms with Gasteiger partial charge >= 0.3 is 5.97 Å². The number of aryl methyl sites for hydroxylation is 2. The molecule has 4 heterocycles. The van der Waals surface area contributed by atoms with Crippen LogP contribution in [0.5, 0.6) is 0 Å². The van der Waals surface area contributed by atoms with Crippen LogP contribution < -0.4 is 10.6 Å². The van der Waals surface area contributed by atoms with E-state index in [9.17, 15) is 19.5 Å². The first kappa shape index (κ1) is 42.1. The van der Waals surface area contributed by atoms with Crippen LogP contribution in [0.15, 0.2) is 59.2 Å². The number of likely N-dealkylation sites (tertiary alicyclic amines) is 1. The third-order valence-electron chi connectivity index (χ3n) is 9.66. The number of aromatic nitrogens is 2. The van der Waals surface area contributed by atoms with Crippen LogP contribution in [-0.4, -0.2) is 109 Å². The van der Waals surface area contributed by atoms with E-state index in [0.29, 0.717) is 38.3 Å². The number of anilines is 1. The Labute approximate surface area is 310 Å². The number of nitrogens with zero attached hydrogens (tertiary/aromatic N) is 5. The zero-order valence-electron chi connectivity index (χ0n) is 32.2. The molecule has 2 aromatic heterocycles. The van der Waals surface area contributed by atoms with E-state index in [1.165, 1.54) is 12.6 Å². The van der Waals surface area contributed by atoms with E-state index in [1.54, 1.807) is 7.05 Å². The van der Waals surface area contributed by atoms with E-state index in [4.69, 9.17) is 4.98 Å². The van der Waals surface area contributed by atoms with Gasteiger partial charge in [0.2, 0.25) is 5.91 Å². The number of nitrogens with two attached hydrogens (primary N) is 1. The third-order valence-corrected chi connectivity index (χ3v) is 9.66. The van der Waals surface area contributed by atoms with Crippen LogP contribution in [0.25, 0.3) is 11.0 Å². The number of hydrogen-bond donors (Lipinski definition) is 3. The summed E-state index contributed by atoms with van der Waals surface area (Å²) < 4.78 is 0. The summed E-state index contributed by atoms with van der Waals surface area (Å²) >= 11 is 0. The minimum Gasteiger partial charge on any atom is -0.481 e. The van der Waals surface area contributed by atoms with Crippen LogP contribution in [0.1, 0.15) is 82.0 Å². The first-order valence-corrected chi connectivity index (χ1v) is 18.7. The molecule has 11 nitrogen and oxygen atoms in total. The molecule has 2 aliphatic rings. The minimum absolute atomic E-state index is 0.0856. The van der Waals surface area contributed by atoms with Crippen molar-refractivity contribution < 1.29 is 19.5 Å². The van der Waals surface area contributed by atoms with Crippen LogP contribution >= 0.6 is 0 Å². The van der Waals surface area contributed by atoms with Gasteiger partial charge in [-0.2, -0.15) is 0 Å². The Morgan fingerprint density at radius 3 is 2.48 bits per heavy atom. The highest BCUT2D eigenvalue weighted by atomic mass is 16.4. The second-order valence-corrected chi connectivity index (χ2v) is 14.1. The Morgan fingerprint density at radius 2 is 1.83 bits per heavy atom. The fraction of sp³-hybridized carbons (Fsp3) is 0.537. The monoisotopic (exact) mass is 715 g/mol. The van der Waals surface area contributed by atoms with Crippen molar-refractivity contribution in [2.75, 3.05) is 64.8 Å². The van der Waals surface area contributed by atoms with Crippen molar-refractivity contribution in [3.05, 3.63) is 71.1 Å². The van der Waals surface area contributed by atoms with Gasteiger partial charge in [0.15, 0.2) is 0 Å². The van der Waals surface area contributed by atoms with Gasteiger partial charge in [0.05, 0.1) is 6.42 Å². The molecule has 0 saturated carbocycles. The molecule has 2 aliphatic heterocycles. The van der Waals surface area contributed by atoms with Crippen molar-refractivity contribution >= 4 is 40.6 Å².